The summed E-state index contributed by atoms with van der Waals surface area (Å²) in [5, 5.41) is 0.481. The number of alkyl halides is 2. The quantitative estimate of drug-likeness (QED) is 0.371. The largest absolute Gasteiger partial charge is 0.495 e. The number of aromatic nitrogens is 2. The van der Waals surface area contributed by atoms with Crippen LogP contribution in [0.1, 0.15) is 45.5 Å². The van der Waals surface area contributed by atoms with Crippen LogP contribution in [0.15, 0.2) is 53.3 Å². The lowest BCUT2D eigenvalue weighted by Crippen LogP contribution is -2.41. The van der Waals surface area contributed by atoms with E-state index in [9.17, 15) is 9.59 Å². The van der Waals surface area contributed by atoms with Crippen LogP contribution >= 0.6 is 23.2 Å². The molecule has 1 unspecified atom stereocenters. The van der Waals surface area contributed by atoms with Gasteiger partial charge in [-0.15, -0.1) is 0 Å². The number of carbonyl (C=O) groups is 1. The SMILES string of the molecule is CCC(c1nc2ccccc2c(=O)n1-c1ccccc1OC)N(CCC(C)C)C(=O)C(Cl)Cl. The normalized spacial score (nSPS) is 12.4. The van der Waals surface area contributed by atoms with Crippen LogP contribution in [-0.2, 0) is 4.79 Å². The minimum Gasteiger partial charge on any atom is -0.495 e. The van der Waals surface area contributed by atoms with Gasteiger partial charge in [0.1, 0.15) is 11.6 Å². The molecule has 1 atom stereocenters. The number of fused-ring (bicyclic) bond motifs is 1. The van der Waals surface area contributed by atoms with Gasteiger partial charge in [-0.05, 0) is 43.0 Å². The number of para-hydroxylation sites is 3. The second kappa shape index (κ2) is 11.0. The van der Waals surface area contributed by atoms with E-state index in [0.29, 0.717) is 47.0 Å². The van der Waals surface area contributed by atoms with Crippen molar-refractivity contribution in [1.29, 1.82) is 0 Å². The monoisotopic (exact) mass is 489 g/mol. The van der Waals surface area contributed by atoms with Gasteiger partial charge < -0.3 is 9.64 Å². The van der Waals surface area contributed by atoms with Crippen LogP contribution in [0.4, 0.5) is 0 Å². The highest BCUT2D eigenvalue weighted by Gasteiger charge is 2.32. The number of nitrogens with zero attached hydrogens (tertiary/aromatic N) is 3. The molecule has 0 aliphatic heterocycles. The molecule has 1 heterocycles. The Morgan fingerprint density at radius 3 is 2.42 bits per heavy atom. The Labute approximate surface area is 204 Å². The van der Waals surface area contributed by atoms with Crippen LogP contribution < -0.4 is 10.3 Å². The van der Waals surface area contributed by atoms with Crippen molar-refractivity contribution in [1.82, 2.24) is 14.5 Å². The van der Waals surface area contributed by atoms with Crippen LogP contribution in [0.5, 0.6) is 5.75 Å². The van der Waals surface area contributed by atoms with E-state index >= 15 is 0 Å². The predicted molar refractivity (Wildman–Crippen MR) is 134 cm³/mol. The third-order valence-electron chi connectivity index (χ3n) is 5.61. The Morgan fingerprint density at radius 1 is 1.12 bits per heavy atom. The molecule has 0 saturated carbocycles. The smallest absolute Gasteiger partial charge is 0.266 e. The van der Waals surface area contributed by atoms with Crippen molar-refractivity contribution in [3.8, 4) is 11.4 Å². The minimum absolute atomic E-state index is 0.233. The number of amides is 1. The van der Waals surface area contributed by atoms with E-state index in [0.717, 1.165) is 6.42 Å². The fourth-order valence-corrected chi connectivity index (χ4v) is 4.16. The molecule has 0 spiro atoms. The summed E-state index contributed by atoms with van der Waals surface area (Å²) in [6.45, 7) is 6.56. The molecular weight excluding hydrogens is 461 g/mol. The summed E-state index contributed by atoms with van der Waals surface area (Å²) in [6, 6.07) is 13.9. The third-order valence-corrected chi connectivity index (χ3v) is 5.98. The van der Waals surface area contributed by atoms with Gasteiger partial charge >= 0.3 is 0 Å². The number of hydrogen-bond acceptors (Lipinski definition) is 4. The van der Waals surface area contributed by atoms with Crippen molar-refractivity contribution in [2.45, 2.75) is 44.5 Å². The number of rotatable bonds is 9. The van der Waals surface area contributed by atoms with Gasteiger partial charge in [0.05, 0.1) is 29.7 Å². The first kappa shape index (κ1) is 25.1. The lowest BCUT2D eigenvalue weighted by molar-refractivity contribution is -0.132. The van der Waals surface area contributed by atoms with Crippen LogP contribution in [0.3, 0.4) is 0 Å². The van der Waals surface area contributed by atoms with Crippen LogP contribution in [0, 0.1) is 5.92 Å². The Kier molecular flexibility index (Phi) is 8.38. The maximum Gasteiger partial charge on any atom is 0.266 e. The van der Waals surface area contributed by atoms with Crippen molar-refractivity contribution in [3.05, 3.63) is 64.7 Å². The number of methoxy groups -OCH3 is 1. The van der Waals surface area contributed by atoms with E-state index in [4.69, 9.17) is 32.9 Å². The summed E-state index contributed by atoms with van der Waals surface area (Å²) in [5.41, 5.74) is 0.885. The van der Waals surface area contributed by atoms with E-state index < -0.39 is 16.8 Å². The lowest BCUT2D eigenvalue weighted by Gasteiger charge is -2.33. The zero-order chi connectivity index (χ0) is 24.1. The maximum absolute atomic E-state index is 13.7. The Balaban J connectivity index is 2.32. The molecule has 0 N–H and O–H groups in total. The van der Waals surface area contributed by atoms with E-state index in [1.807, 2.05) is 25.1 Å². The molecule has 3 rings (SSSR count). The lowest BCUT2D eigenvalue weighted by atomic mass is 10.1. The van der Waals surface area contributed by atoms with Crippen LogP contribution in [0.25, 0.3) is 16.6 Å². The highest BCUT2D eigenvalue weighted by atomic mass is 35.5. The first-order chi connectivity index (χ1) is 15.8. The van der Waals surface area contributed by atoms with Crippen molar-refractivity contribution in [3.63, 3.8) is 0 Å². The Bertz CT molecular complexity index is 1180. The summed E-state index contributed by atoms with van der Waals surface area (Å²) in [6.07, 6.45) is 1.28. The topological polar surface area (TPSA) is 64.4 Å². The van der Waals surface area contributed by atoms with Crippen molar-refractivity contribution < 1.29 is 9.53 Å². The van der Waals surface area contributed by atoms with Crippen molar-refractivity contribution in [2.75, 3.05) is 13.7 Å². The predicted octanol–water partition coefficient (Wildman–Crippen LogP) is 5.52. The van der Waals surface area contributed by atoms with Gasteiger partial charge in [-0.2, -0.15) is 0 Å². The van der Waals surface area contributed by atoms with Gasteiger partial charge in [-0.3, -0.25) is 14.2 Å². The first-order valence-electron chi connectivity index (χ1n) is 11.0. The fraction of sp³-hybridized carbons (Fsp3) is 0.400. The zero-order valence-corrected chi connectivity index (χ0v) is 20.8. The molecule has 176 valence electrons. The minimum atomic E-state index is -1.21. The van der Waals surface area contributed by atoms with E-state index in [-0.39, 0.29) is 5.56 Å². The summed E-state index contributed by atoms with van der Waals surface area (Å²) in [5.74, 6) is 0.930. The molecule has 1 aromatic heterocycles. The molecule has 0 aliphatic rings. The van der Waals surface area contributed by atoms with Gasteiger partial charge in [0.15, 0.2) is 4.84 Å². The average Bonchev–Trinajstić information content (AvgIpc) is 2.81. The molecule has 33 heavy (non-hydrogen) atoms. The maximum atomic E-state index is 13.7. The molecule has 1 amide bonds. The molecule has 0 bridgehead atoms. The van der Waals surface area contributed by atoms with Crippen LogP contribution in [0.2, 0.25) is 0 Å². The highest BCUT2D eigenvalue weighted by Crippen LogP contribution is 2.31. The average molecular weight is 490 g/mol. The second-order valence-corrected chi connectivity index (χ2v) is 9.33. The zero-order valence-electron chi connectivity index (χ0n) is 19.3. The van der Waals surface area contributed by atoms with E-state index in [1.165, 1.54) is 0 Å². The fourth-order valence-electron chi connectivity index (χ4n) is 3.91. The van der Waals surface area contributed by atoms with E-state index in [2.05, 4.69) is 13.8 Å². The summed E-state index contributed by atoms with van der Waals surface area (Å²) in [4.78, 5) is 32.1. The summed E-state index contributed by atoms with van der Waals surface area (Å²) in [7, 11) is 1.55. The summed E-state index contributed by atoms with van der Waals surface area (Å²) < 4.78 is 7.09. The molecule has 6 nitrogen and oxygen atoms in total. The molecule has 3 aromatic rings. The Morgan fingerprint density at radius 2 is 1.79 bits per heavy atom. The number of benzene rings is 2. The van der Waals surface area contributed by atoms with E-state index in [1.54, 1.807) is 46.9 Å². The number of halogens is 2. The van der Waals surface area contributed by atoms with Crippen LogP contribution in [-0.4, -0.2) is 38.8 Å². The van der Waals surface area contributed by atoms with Gasteiger partial charge in [-0.25, -0.2) is 4.98 Å². The molecule has 0 saturated heterocycles. The summed E-state index contributed by atoms with van der Waals surface area (Å²) >= 11 is 12.0. The highest BCUT2D eigenvalue weighted by molar-refractivity contribution is 6.53. The van der Waals surface area contributed by atoms with Gasteiger partial charge in [0.2, 0.25) is 0 Å². The van der Waals surface area contributed by atoms with Gasteiger partial charge in [0.25, 0.3) is 11.5 Å². The number of carbonyl (C=O) groups excluding carboxylic acids is 1. The van der Waals surface area contributed by atoms with Gasteiger partial charge in [-0.1, -0.05) is 68.2 Å². The molecule has 0 fully saturated rings. The number of hydrogen-bond donors (Lipinski definition) is 0. The molecule has 8 heteroatoms. The number of ether oxygens (including phenoxy) is 1. The van der Waals surface area contributed by atoms with Crippen molar-refractivity contribution >= 4 is 40.0 Å². The second-order valence-electron chi connectivity index (χ2n) is 8.24. The Hall–Kier alpha value is -2.57. The molecular formula is C25H29Cl2N3O3. The molecule has 2 aromatic carbocycles. The first-order valence-corrected chi connectivity index (χ1v) is 11.9. The standard InChI is InChI=1S/C25H29Cl2N3O3/c1-5-19(29(15-14-16(2)3)25(32)22(26)27)23-28-18-11-7-6-10-17(18)24(31)30(23)20-12-8-9-13-21(20)33-4/h6-13,16,19,22H,5,14-15H2,1-4H3. The third kappa shape index (κ3) is 5.33. The molecule has 0 radical (unpaired) electrons. The van der Waals surface area contributed by atoms with Gasteiger partial charge in [0, 0.05) is 6.54 Å². The molecule has 0 aliphatic carbocycles. The van der Waals surface area contributed by atoms with Crippen molar-refractivity contribution in [2.24, 2.45) is 5.92 Å².